The fraction of sp³-hybridized carbons (Fsp3) is 0.737. The largest absolute Gasteiger partial charge is 4.00 e. The first-order chi connectivity index (χ1) is 10.9. The first-order valence-corrected chi connectivity index (χ1v) is 11.6. The van der Waals surface area contributed by atoms with Crippen LogP contribution in [0, 0.1) is 17.8 Å². The summed E-state index contributed by atoms with van der Waals surface area (Å²) >= 11 is 0. The number of hydrogen-bond acceptors (Lipinski definition) is 0. The summed E-state index contributed by atoms with van der Waals surface area (Å²) in [6.45, 7) is 17.3. The fourth-order valence-electron chi connectivity index (χ4n) is 0.770. The molecule has 1 aromatic rings. The minimum Gasteiger partial charge on any atom is -0.677 e. The quantitative estimate of drug-likeness (QED) is 0.274. The van der Waals surface area contributed by atoms with Crippen LogP contribution in [0.3, 0.4) is 0 Å². The standard InChI is InChI=1S/C7H10FSi.3C4H10N.Zr/c1-9(2,8)7-5-3-4-6-7;3*1-4(2)3-5;/h3-6H,1-2H3;3*4-5H,3H2,1-2H3;/q4*-1;+4. The summed E-state index contributed by atoms with van der Waals surface area (Å²) < 4.78 is 13.1. The molecule has 0 radical (unpaired) electrons. The zero-order valence-corrected chi connectivity index (χ0v) is 21.0. The van der Waals surface area contributed by atoms with Crippen molar-refractivity contribution in [2.45, 2.75) is 54.6 Å². The van der Waals surface area contributed by atoms with Gasteiger partial charge < -0.3 is 21.3 Å². The molecule has 0 fully saturated rings. The van der Waals surface area contributed by atoms with E-state index in [4.69, 9.17) is 17.2 Å². The number of nitrogens with one attached hydrogen (secondary N) is 3. The van der Waals surface area contributed by atoms with Crippen molar-refractivity contribution in [3.05, 3.63) is 41.5 Å². The molecule has 3 N–H and O–H groups in total. The van der Waals surface area contributed by atoms with Gasteiger partial charge in [0, 0.05) is 0 Å². The normalized spacial score (nSPS) is 10.0. The van der Waals surface area contributed by atoms with Crippen LogP contribution in [0.4, 0.5) is 4.11 Å². The Balaban J connectivity index is -0.000000122. The summed E-state index contributed by atoms with van der Waals surface area (Å²) in [7, 11) is -2.48. The van der Waals surface area contributed by atoms with Gasteiger partial charge in [-0.15, -0.1) is 24.8 Å². The van der Waals surface area contributed by atoms with Gasteiger partial charge in [-0.1, -0.05) is 59.3 Å². The molecule has 0 aromatic heterocycles. The Morgan fingerprint density at radius 3 is 1.04 bits per heavy atom. The van der Waals surface area contributed by atoms with Gasteiger partial charge in [0.25, 0.3) is 0 Å². The van der Waals surface area contributed by atoms with Crippen molar-refractivity contribution in [1.82, 2.24) is 0 Å². The van der Waals surface area contributed by atoms with Gasteiger partial charge in [-0.25, -0.2) is 12.1 Å². The summed E-state index contributed by atoms with van der Waals surface area (Å²) in [5.74, 6) is 1.65. The second kappa shape index (κ2) is 20.6. The van der Waals surface area contributed by atoms with Gasteiger partial charge in [0.05, 0.1) is 0 Å². The molecule has 0 amide bonds. The van der Waals surface area contributed by atoms with Gasteiger partial charge in [-0.05, 0) is 13.1 Å². The molecular formula is C19H40FN3SiZr. The maximum atomic E-state index is 13.1. The predicted octanol–water partition coefficient (Wildman–Crippen LogP) is 6.87. The molecule has 25 heavy (non-hydrogen) atoms. The molecule has 0 unspecified atom stereocenters. The van der Waals surface area contributed by atoms with E-state index in [-0.39, 0.29) is 26.2 Å². The maximum absolute atomic E-state index is 13.1. The average Bonchev–Trinajstić information content (AvgIpc) is 3.03. The molecule has 1 aromatic carbocycles. The molecule has 0 saturated carbocycles. The van der Waals surface area contributed by atoms with E-state index in [9.17, 15) is 4.11 Å². The minimum absolute atomic E-state index is 0. The van der Waals surface area contributed by atoms with Crippen molar-refractivity contribution < 1.29 is 30.3 Å². The van der Waals surface area contributed by atoms with Crippen LogP contribution in [0.1, 0.15) is 41.5 Å². The van der Waals surface area contributed by atoms with E-state index in [2.05, 4.69) is 0 Å². The molecule has 146 valence electrons. The average molecular weight is 449 g/mol. The predicted molar refractivity (Wildman–Crippen MR) is 112 cm³/mol. The van der Waals surface area contributed by atoms with E-state index in [1.165, 1.54) is 0 Å². The zero-order chi connectivity index (χ0) is 19.8. The van der Waals surface area contributed by atoms with E-state index >= 15 is 0 Å². The summed E-state index contributed by atoms with van der Waals surface area (Å²) in [4.78, 5) is 0. The molecule has 0 heterocycles. The van der Waals surface area contributed by atoms with E-state index in [0.29, 0.717) is 37.4 Å². The van der Waals surface area contributed by atoms with Gasteiger partial charge in [-0.3, -0.25) is 0 Å². The van der Waals surface area contributed by atoms with Crippen LogP contribution in [-0.4, -0.2) is 28.0 Å². The molecule has 0 aliphatic carbocycles. The zero-order valence-electron chi connectivity index (χ0n) is 17.5. The Morgan fingerprint density at radius 2 is 0.960 bits per heavy atom. The maximum Gasteiger partial charge on any atom is 4.00 e. The first-order valence-electron chi connectivity index (χ1n) is 8.77. The van der Waals surface area contributed by atoms with E-state index in [1.807, 2.05) is 65.8 Å². The summed E-state index contributed by atoms with van der Waals surface area (Å²) in [6, 6.07) is 7.46. The number of halogens is 1. The van der Waals surface area contributed by atoms with Gasteiger partial charge in [0.15, 0.2) is 0 Å². The second-order valence-electron chi connectivity index (χ2n) is 7.44. The van der Waals surface area contributed by atoms with Gasteiger partial charge in [0.2, 0.25) is 8.41 Å². The fourth-order valence-corrected chi connectivity index (χ4v) is 1.76. The Hall–Kier alpha value is 0.260. The molecule has 3 nitrogen and oxygen atoms in total. The van der Waals surface area contributed by atoms with Crippen LogP contribution in [0.2, 0.25) is 13.1 Å². The molecule has 0 saturated heterocycles. The van der Waals surface area contributed by atoms with Crippen molar-refractivity contribution in [1.29, 1.82) is 0 Å². The van der Waals surface area contributed by atoms with Gasteiger partial charge >= 0.3 is 26.2 Å². The van der Waals surface area contributed by atoms with E-state index in [1.54, 1.807) is 13.1 Å². The summed E-state index contributed by atoms with van der Waals surface area (Å²) in [6.07, 6.45) is 0. The first kappa shape index (κ1) is 32.9. The summed E-state index contributed by atoms with van der Waals surface area (Å²) in [5.41, 5.74) is 20.0. The van der Waals surface area contributed by atoms with Crippen LogP contribution in [-0.2, 0) is 26.2 Å². The van der Waals surface area contributed by atoms with Crippen LogP contribution in [0.5, 0.6) is 0 Å². The van der Waals surface area contributed by atoms with Crippen LogP contribution >= 0.6 is 0 Å². The van der Waals surface area contributed by atoms with Crippen LogP contribution in [0.15, 0.2) is 24.3 Å². The van der Waals surface area contributed by atoms with Crippen LogP contribution in [0.25, 0.3) is 17.2 Å². The van der Waals surface area contributed by atoms with Gasteiger partial charge in [-0.2, -0.15) is 12.1 Å². The second-order valence-corrected chi connectivity index (χ2v) is 11.0. The molecule has 6 heteroatoms. The number of rotatable bonds is 4. The molecule has 0 atom stereocenters. The van der Waals surface area contributed by atoms with Crippen molar-refractivity contribution in [2.75, 3.05) is 19.6 Å². The monoisotopic (exact) mass is 447 g/mol. The van der Waals surface area contributed by atoms with Crippen LogP contribution < -0.4 is 5.19 Å². The Kier molecular flexibility index (Phi) is 27.1. The minimum atomic E-state index is -2.48. The smallest absolute Gasteiger partial charge is 0.677 e. The van der Waals surface area contributed by atoms with E-state index in [0.717, 1.165) is 5.19 Å². The third-order valence-corrected chi connectivity index (χ3v) is 4.28. The number of hydrogen-bond donors (Lipinski definition) is 0. The third kappa shape index (κ3) is 32.4. The Bertz CT molecular complexity index is 318. The molecule has 1 rings (SSSR count). The Labute approximate surface area is 177 Å². The SMILES string of the molecule is CC(C)C[NH-].CC(C)C[NH-].CC(C)C[NH-].C[Si](C)(F)[c-]1cccc1.[Zr+4]. The molecule has 0 aliphatic heterocycles. The van der Waals surface area contributed by atoms with Crippen molar-refractivity contribution in [2.24, 2.45) is 17.8 Å². The Morgan fingerprint density at radius 1 is 0.760 bits per heavy atom. The molecule has 0 aliphatic rings. The topological polar surface area (TPSA) is 71.4 Å². The van der Waals surface area contributed by atoms with Crippen molar-refractivity contribution in [3.8, 4) is 0 Å². The molecule has 0 bridgehead atoms. The summed E-state index contributed by atoms with van der Waals surface area (Å²) in [5, 5.41) is 0.891. The van der Waals surface area contributed by atoms with E-state index < -0.39 is 8.41 Å². The third-order valence-electron chi connectivity index (χ3n) is 2.57. The molecular weight excluding hydrogens is 409 g/mol. The molecule has 0 spiro atoms. The van der Waals surface area contributed by atoms with Crippen molar-refractivity contribution >= 4 is 13.6 Å². The van der Waals surface area contributed by atoms with Gasteiger partial charge in [0.1, 0.15) is 0 Å². The van der Waals surface area contributed by atoms with Crippen molar-refractivity contribution in [3.63, 3.8) is 0 Å².